The van der Waals surface area contributed by atoms with Crippen molar-refractivity contribution in [2.75, 3.05) is 0 Å². The van der Waals surface area contributed by atoms with Gasteiger partial charge in [-0.2, -0.15) is 0 Å². The van der Waals surface area contributed by atoms with E-state index < -0.39 is 0 Å². The van der Waals surface area contributed by atoms with E-state index >= 15 is 0 Å². The second-order valence-corrected chi connectivity index (χ2v) is 8.37. The van der Waals surface area contributed by atoms with Gasteiger partial charge < -0.3 is 5.41 Å². The molecule has 1 nitrogen and oxygen atoms in total. The number of nitrogens with one attached hydrogen (secondary N) is 1. The van der Waals surface area contributed by atoms with Gasteiger partial charge in [0.15, 0.2) is 0 Å². The highest BCUT2D eigenvalue weighted by molar-refractivity contribution is 7.21. The Bertz CT molecular complexity index is 763. The average molecular weight is 311 g/mol. The smallest absolute Gasteiger partial charge is 0.0534 e. The van der Waals surface area contributed by atoms with Crippen LogP contribution in [0.2, 0.25) is 0 Å². The van der Waals surface area contributed by atoms with Gasteiger partial charge in [-0.15, -0.1) is 11.3 Å². The summed E-state index contributed by atoms with van der Waals surface area (Å²) < 4.78 is 1.31. The van der Waals surface area contributed by atoms with Crippen molar-refractivity contribution in [3.05, 3.63) is 46.4 Å². The average Bonchev–Trinajstić information content (AvgIpc) is 2.94. The second kappa shape index (κ2) is 5.34. The summed E-state index contributed by atoms with van der Waals surface area (Å²) in [6.45, 7) is 11.1. The molecule has 116 valence electrons. The van der Waals surface area contributed by atoms with E-state index in [4.69, 9.17) is 5.41 Å². The van der Waals surface area contributed by atoms with Crippen molar-refractivity contribution in [1.82, 2.24) is 0 Å². The van der Waals surface area contributed by atoms with E-state index in [0.717, 1.165) is 12.1 Å². The van der Waals surface area contributed by atoms with Gasteiger partial charge in [0.2, 0.25) is 0 Å². The van der Waals surface area contributed by atoms with E-state index in [1.807, 2.05) is 0 Å². The fourth-order valence-corrected chi connectivity index (χ4v) is 4.71. The van der Waals surface area contributed by atoms with Gasteiger partial charge in [0.05, 0.1) is 10.6 Å². The first kappa shape index (κ1) is 15.5. The number of hydrogen-bond donors (Lipinski definition) is 1. The fraction of sp³-hybridized carbons (Fsp3) is 0.450. The highest BCUT2D eigenvalue weighted by Crippen LogP contribution is 2.58. The van der Waals surface area contributed by atoms with E-state index in [0.29, 0.717) is 5.92 Å². The molecule has 0 spiro atoms. The molecule has 1 aromatic heterocycles. The van der Waals surface area contributed by atoms with Crippen LogP contribution < -0.4 is 0 Å². The molecule has 1 aliphatic carbocycles. The van der Waals surface area contributed by atoms with E-state index in [9.17, 15) is 0 Å². The minimum absolute atomic E-state index is 0.139. The van der Waals surface area contributed by atoms with Crippen molar-refractivity contribution < 1.29 is 0 Å². The zero-order valence-corrected chi connectivity index (χ0v) is 15.0. The Morgan fingerprint density at radius 1 is 1.23 bits per heavy atom. The van der Waals surface area contributed by atoms with Gasteiger partial charge >= 0.3 is 0 Å². The van der Waals surface area contributed by atoms with E-state index in [-0.39, 0.29) is 11.3 Å². The first-order chi connectivity index (χ1) is 10.3. The normalized spacial score (nSPS) is 23.0. The monoisotopic (exact) mass is 311 g/mol. The van der Waals surface area contributed by atoms with Crippen molar-refractivity contribution in [2.24, 2.45) is 11.8 Å². The van der Waals surface area contributed by atoms with E-state index in [2.05, 4.69) is 65.0 Å². The van der Waals surface area contributed by atoms with Gasteiger partial charge in [0, 0.05) is 10.1 Å². The third kappa shape index (κ3) is 2.44. The molecule has 3 rings (SSSR count). The quantitative estimate of drug-likeness (QED) is 0.516. The fourth-order valence-electron chi connectivity index (χ4n) is 3.28. The number of rotatable bonds is 4. The van der Waals surface area contributed by atoms with E-state index in [1.54, 1.807) is 16.9 Å². The topological polar surface area (TPSA) is 23.9 Å². The lowest BCUT2D eigenvalue weighted by Crippen LogP contribution is -2.12. The van der Waals surface area contributed by atoms with Crippen molar-refractivity contribution in [1.29, 1.82) is 5.41 Å². The molecule has 1 N–H and O–H groups in total. The summed E-state index contributed by atoms with van der Waals surface area (Å²) >= 11 is 1.80. The molecule has 1 saturated carbocycles. The van der Waals surface area contributed by atoms with Crippen LogP contribution in [0.15, 0.2) is 35.9 Å². The molecule has 0 saturated heterocycles. The largest absolute Gasteiger partial charge is 0.304 e. The molecule has 2 aromatic rings. The van der Waals surface area contributed by atoms with Crippen LogP contribution in [0.5, 0.6) is 0 Å². The predicted octanol–water partition coefficient (Wildman–Crippen LogP) is 6.17. The van der Waals surface area contributed by atoms with Gasteiger partial charge in [0.1, 0.15) is 0 Å². The van der Waals surface area contributed by atoms with E-state index in [1.165, 1.54) is 20.5 Å². The molecule has 1 aliphatic rings. The van der Waals surface area contributed by atoms with Crippen LogP contribution >= 0.6 is 11.3 Å². The Labute approximate surface area is 137 Å². The summed E-state index contributed by atoms with van der Waals surface area (Å²) in [6.07, 6.45) is 3.56. The maximum absolute atomic E-state index is 8.56. The maximum Gasteiger partial charge on any atom is 0.0534 e. The van der Waals surface area contributed by atoms with Crippen molar-refractivity contribution >= 4 is 27.1 Å². The molecule has 1 unspecified atom stereocenters. The first-order valence-corrected chi connectivity index (χ1v) is 8.98. The molecule has 1 atom stereocenters. The molecule has 22 heavy (non-hydrogen) atoms. The van der Waals surface area contributed by atoms with Gasteiger partial charge in [-0.25, -0.2) is 0 Å². The number of fused-ring (bicyclic) bond motifs is 1. The van der Waals surface area contributed by atoms with Gasteiger partial charge in [-0.3, -0.25) is 0 Å². The summed E-state index contributed by atoms with van der Waals surface area (Å²) in [5.41, 5.74) is 3.87. The summed E-state index contributed by atoms with van der Waals surface area (Å²) in [5.74, 6) is 0.862. The van der Waals surface area contributed by atoms with Crippen molar-refractivity contribution in [3.8, 4) is 0 Å². The zero-order chi connectivity index (χ0) is 16.1. The Morgan fingerprint density at radius 2 is 1.91 bits per heavy atom. The minimum Gasteiger partial charge on any atom is -0.304 e. The summed E-state index contributed by atoms with van der Waals surface area (Å²) in [4.78, 5) is 1.20. The Balaban J connectivity index is 2.20. The molecule has 0 amide bonds. The summed E-state index contributed by atoms with van der Waals surface area (Å²) in [6, 6.07) is 8.65. The number of benzene rings is 1. The first-order valence-electron chi connectivity index (χ1n) is 8.16. The maximum atomic E-state index is 8.56. The van der Waals surface area contributed by atoms with Crippen LogP contribution in [-0.2, 0) is 5.41 Å². The SMILES string of the molecule is CC(C)/C=C1\CC1(C)c1c(C(=N)C(C)C)sc2ccccc12. The van der Waals surface area contributed by atoms with Gasteiger partial charge in [-0.05, 0) is 35.3 Å². The molecule has 0 radical (unpaired) electrons. The second-order valence-electron chi connectivity index (χ2n) is 7.32. The molecule has 2 heteroatoms. The lowest BCUT2D eigenvalue weighted by Gasteiger charge is -2.14. The summed E-state index contributed by atoms with van der Waals surface area (Å²) in [7, 11) is 0. The molecule has 0 aliphatic heterocycles. The van der Waals surface area contributed by atoms with Crippen LogP contribution in [0.4, 0.5) is 0 Å². The minimum atomic E-state index is 0.139. The Hall–Kier alpha value is -1.41. The lowest BCUT2D eigenvalue weighted by atomic mass is 9.90. The highest BCUT2D eigenvalue weighted by atomic mass is 32.1. The molecule has 1 aromatic carbocycles. The molecule has 1 fully saturated rings. The predicted molar refractivity (Wildman–Crippen MR) is 98.4 cm³/mol. The highest BCUT2D eigenvalue weighted by Gasteiger charge is 2.48. The molecular weight excluding hydrogens is 286 g/mol. The standard InChI is InChI=1S/C20H25NS/c1-12(2)10-14-11-20(14,5)17-15-8-6-7-9-16(15)22-19(17)18(21)13(3)4/h6-10,12-13,21H,11H2,1-5H3/b14-10+,21-18?. The molecular formula is C20H25NS. The summed E-state index contributed by atoms with van der Waals surface area (Å²) in [5, 5.41) is 9.91. The zero-order valence-electron chi connectivity index (χ0n) is 14.2. The van der Waals surface area contributed by atoms with Crippen LogP contribution in [0.25, 0.3) is 10.1 Å². The third-order valence-electron chi connectivity index (χ3n) is 4.63. The van der Waals surface area contributed by atoms with Crippen LogP contribution in [0.1, 0.15) is 51.5 Å². The van der Waals surface area contributed by atoms with Crippen LogP contribution in [0.3, 0.4) is 0 Å². The van der Waals surface area contributed by atoms with Gasteiger partial charge in [-0.1, -0.05) is 64.5 Å². The number of allylic oxidation sites excluding steroid dienone is 2. The van der Waals surface area contributed by atoms with Crippen LogP contribution in [0, 0.1) is 17.2 Å². The Morgan fingerprint density at radius 3 is 2.55 bits per heavy atom. The Kier molecular flexibility index (Phi) is 3.76. The molecule has 0 bridgehead atoms. The van der Waals surface area contributed by atoms with Crippen LogP contribution in [-0.4, -0.2) is 5.71 Å². The van der Waals surface area contributed by atoms with Crippen molar-refractivity contribution in [3.63, 3.8) is 0 Å². The van der Waals surface area contributed by atoms with Crippen molar-refractivity contribution in [2.45, 2.75) is 46.5 Å². The number of thiophene rings is 1. The molecule has 1 heterocycles. The number of hydrogen-bond acceptors (Lipinski definition) is 2. The van der Waals surface area contributed by atoms with Gasteiger partial charge in [0.25, 0.3) is 0 Å². The third-order valence-corrected chi connectivity index (χ3v) is 5.84. The lowest BCUT2D eigenvalue weighted by molar-refractivity contribution is 0.799.